The zero-order valence-electron chi connectivity index (χ0n) is 10.7. The van der Waals surface area contributed by atoms with Gasteiger partial charge in [-0.15, -0.1) is 5.10 Å². The summed E-state index contributed by atoms with van der Waals surface area (Å²) in [4.78, 5) is 15.2. The standard InChI is InChI=1S/C12H15N5O2/c1-14-6-8-15(9-7-14)12-11(17(18)19)10-4-2-3-5-16(10)13-12/h2-5H,6-9H2,1H3. The number of anilines is 1. The van der Waals surface area contributed by atoms with Gasteiger partial charge in [0.05, 0.1) is 4.92 Å². The van der Waals surface area contributed by atoms with Crippen LogP contribution in [0.15, 0.2) is 24.4 Å². The number of rotatable bonds is 2. The first-order valence-corrected chi connectivity index (χ1v) is 6.22. The molecule has 100 valence electrons. The molecule has 1 saturated heterocycles. The van der Waals surface area contributed by atoms with Crippen LogP contribution >= 0.6 is 0 Å². The van der Waals surface area contributed by atoms with Gasteiger partial charge in [-0.05, 0) is 19.2 Å². The molecule has 0 amide bonds. The van der Waals surface area contributed by atoms with E-state index in [0.29, 0.717) is 11.3 Å². The average molecular weight is 261 g/mol. The largest absolute Gasteiger partial charge is 0.347 e. The first-order chi connectivity index (χ1) is 9.16. The Morgan fingerprint density at radius 2 is 2.00 bits per heavy atom. The molecule has 19 heavy (non-hydrogen) atoms. The molecule has 0 aromatic carbocycles. The minimum atomic E-state index is -0.337. The van der Waals surface area contributed by atoms with E-state index in [2.05, 4.69) is 17.0 Å². The smallest absolute Gasteiger partial charge is 0.338 e. The van der Waals surface area contributed by atoms with E-state index in [1.165, 1.54) is 0 Å². The number of hydrogen-bond acceptors (Lipinski definition) is 5. The Kier molecular flexibility index (Phi) is 2.83. The number of nitrogens with zero attached hydrogens (tertiary/aromatic N) is 5. The van der Waals surface area contributed by atoms with Crippen LogP contribution in [0, 0.1) is 10.1 Å². The molecule has 1 fully saturated rings. The molecule has 7 heteroatoms. The highest BCUT2D eigenvalue weighted by Crippen LogP contribution is 2.31. The van der Waals surface area contributed by atoms with E-state index in [9.17, 15) is 10.1 Å². The summed E-state index contributed by atoms with van der Waals surface area (Å²) in [5.41, 5.74) is 0.645. The quantitative estimate of drug-likeness (QED) is 0.596. The molecule has 1 aliphatic rings. The van der Waals surface area contributed by atoms with Crippen molar-refractivity contribution in [1.82, 2.24) is 14.5 Å². The second-order valence-electron chi connectivity index (χ2n) is 4.75. The van der Waals surface area contributed by atoms with Crippen LogP contribution in [0.4, 0.5) is 11.5 Å². The summed E-state index contributed by atoms with van der Waals surface area (Å²) in [5, 5.41) is 15.7. The Bertz CT molecular complexity index is 616. The van der Waals surface area contributed by atoms with Gasteiger partial charge in [0.15, 0.2) is 0 Å². The van der Waals surface area contributed by atoms with Crippen molar-refractivity contribution in [1.29, 1.82) is 0 Å². The number of likely N-dealkylation sites (N-methyl/N-ethyl adjacent to an activating group) is 1. The molecule has 3 rings (SSSR count). The van der Waals surface area contributed by atoms with Crippen molar-refractivity contribution in [2.45, 2.75) is 0 Å². The van der Waals surface area contributed by atoms with Gasteiger partial charge in [-0.3, -0.25) is 10.1 Å². The summed E-state index contributed by atoms with van der Waals surface area (Å²) in [6.45, 7) is 3.32. The van der Waals surface area contributed by atoms with Crippen molar-refractivity contribution in [2.24, 2.45) is 0 Å². The topological polar surface area (TPSA) is 66.9 Å². The van der Waals surface area contributed by atoms with Crippen LogP contribution in [-0.2, 0) is 0 Å². The molecule has 0 bridgehead atoms. The lowest BCUT2D eigenvalue weighted by atomic mass is 10.3. The summed E-state index contributed by atoms with van der Waals surface area (Å²) in [6.07, 6.45) is 1.74. The van der Waals surface area contributed by atoms with Gasteiger partial charge in [0.25, 0.3) is 0 Å². The van der Waals surface area contributed by atoms with Gasteiger partial charge in [-0.1, -0.05) is 6.07 Å². The second-order valence-corrected chi connectivity index (χ2v) is 4.75. The zero-order valence-corrected chi connectivity index (χ0v) is 10.7. The third kappa shape index (κ3) is 2.01. The van der Waals surface area contributed by atoms with Gasteiger partial charge in [0, 0.05) is 32.4 Å². The van der Waals surface area contributed by atoms with Crippen LogP contribution in [0.25, 0.3) is 5.52 Å². The SMILES string of the molecule is CN1CCN(c2nn3ccccc3c2[N+](=O)[O-])CC1. The molecule has 0 radical (unpaired) electrons. The van der Waals surface area contributed by atoms with Gasteiger partial charge in [-0.2, -0.15) is 0 Å². The number of aromatic nitrogens is 2. The molecule has 7 nitrogen and oxygen atoms in total. The summed E-state index contributed by atoms with van der Waals surface area (Å²) in [7, 11) is 2.05. The number of nitro groups is 1. The molecule has 0 aliphatic carbocycles. The van der Waals surface area contributed by atoms with Crippen molar-refractivity contribution in [3.8, 4) is 0 Å². The summed E-state index contributed by atoms with van der Waals surface area (Å²) in [5.74, 6) is 0.476. The van der Waals surface area contributed by atoms with Gasteiger partial charge >= 0.3 is 5.69 Å². The molecule has 3 heterocycles. The van der Waals surface area contributed by atoms with Gasteiger partial charge < -0.3 is 9.80 Å². The Morgan fingerprint density at radius 1 is 1.26 bits per heavy atom. The number of pyridine rings is 1. The third-order valence-electron chi connectivity index (χ3n) is 3.48. The van der Waals surface area contributed by atoms with E-state index in [-0.39, 0.29) is 10.6 Å². The van der Waals surface area contributed by atoms with Gasteiger partial charge in [0.1, 0.15) is 5.52 Å². The maximum atomic E-state index is 11.3. The van der Waals surface area contributed by atoms with E-state index >= 15 is 0 Å². The van der Waals surface area contributed by atoms with Crippen LogP contribution in [0.1, 0.15) is 0 Å². The Morgan fingerprint density at radius 3 is 2.68 bits per heavy atom. The molecule has 2 aromatic heterocycles. The number of fused-ring (bicyclic) bond motifs is 1. The molecule has 0 unspecified atom stereocenters. The Labute approximate surface area is 110 Å². The van der Waals surface area contributed by atoms with Crippen molar-refractivity contribution < 1.29 is 4.92 Å². The first kappa shape index (κ1) is 11.9. The average Bonchev–Trinajstić information content (AvgIpc) is 2.78. The Balaban J connectivity index is 2.07. The normalized spacial score (nSPS) is 17.0. The summed E-state index contributed by atoms with van der Waals surface area (Å²) < 4.78 is 1.58. The monoisotopic (exact) mass is 261 g/mol. The van der Waals surface area contributed by atoms with Crippen molar-refractivity contribution in [2.75, 3.05) is 38.1 Å². The summed E-state index contributed by atoms with van der Waals surface area (Å²) in [6, 6.07) is 5.33. The van der Waals surface area contributed by atoms with Gasteiger partial charge in [0.2, 0.25) is 5.82 Å². The highest BCUT2D eigenvalue weighted by atomic mass is 16.6. The first-order valence-electron chi connectivity index (χ1n) is 6.22. The lowest BCUT2D eigenvalue weighted by Gasteiger charge is -2.31. The van der Waals surface area contributed by atoms with Crippen LogP contribution in [-0.4, -0.2) is 52.7 Å². The fourth-order valence-corrected chi connectivity index (χ4v) is 2.38. The zero-order chi connectivity index (χ0) is 13.4. The van der Waals surface area contributed by atoms with Crippen LogP contribution in [0.3, 0.4) is 0 Å². The van der Waals surface area contributed by atoms with Crippen LogP contribution < -0.4 is 4.90 Å². The number of hydrogen-bond donors (Lipinski definition) is 0. The molecule has 0 N–H and O–H groups in total. The maximum Gasteiger partial charge on any atom is 0.338 e. The van der Waals surface area contributed by atoms with Crippen molar-refractivity contribution in [3.05, 3.63) is 34.5 Å². The van der Waals surface area contributed by atoms with Crippen LogP contribution in [0.5, 0.6) is 0 Å². The van der Waals surface area contributed by atoms with E-state index in [4.69, 9.17) is 0 Å². The van der Waals surface area contributed by atoms with E-state index in [0.717, 1.165) is 26.2 Å². The van der Waals surface area contributed by atoms with E-state index in [1.54, 1.807) is 22.8 Å². The van der Waals surface area contributed by atoms with Crippen LogP contribution in [0.2, 0.25) is 0 Å². The molecular formula is C12H15N5O2. The maximum absolute atomic E-state index is 11.3. The highest BCUT2D eigenvalue weighted by molar-refractivity contribution is 5.77. The predicted octanol–water partition coefficient (Wildman–Crippen LogP) is 0.994. The van der Waals surface area contributed by atoms with Gasteiger partial charge in [-0.25, -0.2) is 4.52 Å². The number of piperazine rings is 1. The summed E-state index contributed by atoms with van der Waals surface area (Å²) >= 11 is 0. The lowest BCUT2D eigenvalue weighted by Crippen LogP contribution is -2.44. The second kappa shape index (κ2) is 4.51. The fraction of sp³-hybridized carbons (Fsp3) is 0.417. The third-order valence-corrected chi connectivity index (χ3v) is 3.48. The molecule has 0 atom stereocenters. The fourth-order valence-electron chi connectivity index (χ4n) is 2.38. The lowest BCUT2D eigenvalue weighted by molar-refractivity contribution is -0.382. The highest BCUT2D eigenvalue weighted by Gasteiger charge is 2.28. The van der Waals surface area contributed by atoms with Crippen molar-refractivity contribution >= 4 is 17.0 Å². The molecule has 2 aromatic rings. The van der Waals surface area contributed by atoms with E-state index in [1.807, 2.05) is 11.0 Å². The minimum Gasteiger partial charge on any atom is -0.347 e. The molecule has 0 spiro atoms. The minimum absolute atomic E-state index is 0.102. The van der Waals surface area contributed by atoms with E-state index < -0.39 is 0 Å². The molecular weight excluding hydrogens is 246 g/mol. The molecule has 1 aliphatic heterocycles. The Hall–Kier alpha value is -2.15. The van der Waals surface area contributed by atoms with Crippen molar-refractivity contribution in [3.63, 3.8) is 0 Å². The molecule has 0 saturated carbocycles. The predicted molar refractivity (Wildman–Crippen MR) is 71.6 cm³/mol.